The third-order valence-corrected chi connectivity index (χ3v) is 6.62. The number of aliphatic hydroxyl groups is 5. The van der Waals surface area contributed by atoms with Crippen LogP contribution in [-0.4, -0.2) is 94.4 Å². The van der Waals surface area contributed by atoms with Crippen molar-refractivity contribution in [3.63, 3.8) is 0 Å². The Hall–Kier alpha value is -0.810. The van der Waals surface area contributed by atoms with Gasteiger partial charge in [0.2, 0.25) is 5.91 Å². The lowest BCUT2D eigenvalue weighted by Gasteiger charge is -2.30. The van der Waals surface area contributed by atoms with Gasteiger partial charge in [-0.2, -0.15) is 0 Å². The van der Waals surface area contributed by atoms with Gasteiger partial charge in [-0.15, -0.1) is 0 Å². The van der Waals surface area contributed by atoms with Crippen LogP contribution in [0.3, 0.4) is 0 Å². The zero-order valence-electron chi connectivity index (χ0n) is 21.3. The molecule has 0 rings (SSSR count). The summed E-state index contributed by atoms with van der Waals surface area (Å²) in [7, 11) is 1.33. The number of carbonyl (C=O) groups is 1. The number of amides is 1. The number of carbonyl (C=O) groups excluding carboxylic acids is 1. The highest BCUT2D eigenvalue weighted by Gasteiger charge is 2.29. The lowest BCUT2D eigenvalue weighted by Crippen LogP contribution is -2.44. The summed E-state index contributed by atoms with van der Waals surface area (Å²) in [6, 6.07) is -0.164. The summed E-state index contributed by atoms with van der Waals surface area (Å²) in [6.45, 7) is 9.26. The second kappa shape index (κ2) is 17.6. The SMILES string of the molecule is CC[C@@H](O)CC(NC(=O)C[C@@H](O)C[C@H](OCC(O)C(O)[C@H](CO)OC)[C@H](C)CC)[C@H](C)CC. The van der Waals surface area contributed by atoms with Crippen LogP contribution in [0, 0.1) is 11.8 Å². The topological polar surface area (TPSA) is 149 Å². The van der Waals surface area contributed by atoms with Gasteiger partial charge in [0.05, 0.1) is 37.9 Å². The number of aliphatic hydroxyl groups excluding tert-OH is 5. The number of ether oxygens (including phenoxy) is 2. The predicted molar refractivity (Wildman–Crippen MR) is 127 cm³/mol. The molecule has 0 heterocycles. The normalized spacial score (nSPS) is 20.2. The average molecular weight is 480 g/mol. The van der Waals surface area contributed by atoms with Crippen molar-refractivity contribution in [1.82, 2.24) is 5.32 Å². The zero-order chi connectivity index (χ0) is 25.6. The van der Waals surface area contributed by atoms with Gasteiger partial charge in [0.25, 0.3) is 0 Å². The van der Waals surface area contributed by atoms with E-state index in [-0.39, 0.29) is 43.2 Å². The monoisotopic (exact) mass is 479 g/mol. The standard InChI is InChI=1S/C24H49NO8/c1-7-15(4)19(10-17(27)9-3)25-23(30)12-18(28)11-21(16(5)8-2)33-14-20(29)24(31)22(13-26)32-6/h15-22,24,26-29,31H,7-14H2,1-6H3,(H,25,30)/t15-,16-,17-,18+,19?,20?,21+,22+,24?/m1/s1. The average Bonchev–Trinajstić information content (AvgIpc) is 2.80. The number of methoxy groups -OCH3 is 1. The van der Waals surface area contributed by atoms with E-state index in [1.54, 1.807) is 0 Å². The number of hydrogen-bond acceptors (Lipinski definition) is 8. The molecule has 0 bridgehead atoms. The van der Waals surface area contributed by atoms with Crippen LogP contribution in [0.2, 0.25) is 0 Å². The van der Waals surface area contributed by atoms with Crippen LogP contribution in [0.15, 0.2) is 0 Å². The molecule has 0 saturated heterocycles. The van der Waals surface area contributed by atoms with Crippen LogP contribution in [0.4, 0.5) is 0 Å². The highest BCUT2D eigenvalue weighted by Crippen LogP contribution is 2.20. The maximum Gasteiger partial charge on any atom is 0.222 e. The molecular weight excluding hydrogens is 430 g/mol. The summed E-state index contributed by atoms with van der Waals surface area (Å²) in [5.41, 5.74) is 0. The molecule has 1 amide bonds. The van der Waals surface area contributed by atoms with Gasteiger partial charge in [-0.1, -0.05) is 47.5 Å². The minimum Gasteiger partial charge on any atom is -0.394 e. The quantitative estimate of drug-likeness (QED) is 0.161. The van der Waals surface area contributed by atoms with Gasteiger partial charge in [0.15, 0.2) is 0 Å². The Bertz CT molecular complexity index is 505. The van der Waals surface area contributed by atoms with E-state index in [0.29, 0.717) is 12.8 Å². The molecule has 0 saturated carbocycles. The third kappa shape index (κ3) is 12.5. The molecule has 9 atom stereocenters. The minimum atomic E-state index is -1.32. The first-order valence-corrected chi connectivity index (χ1v) is 12.3. The zero-order valence-corrected chi connectivity index (χ0v) is 21.3. The molecule has 0 fully saturated rings. The fourth-order valence-corrected chi connectivity index (χ4v) is 3.63. The molecule has 6 N–H and O–H groups in total. The fraction of sp³-hybridized carbons (Fsp3) is 0.958. The van der Waals surface area contributed by atoms with E-state index in [1.165, 1.54) is 7.11 Å². The first-order valence-electron chi connectivity index (χ1n) is 12.3. The Kier molecular flexibility index (Phi) is 17.2. The molecule has 0 aliphatic heterocycles. The molecule has 0 aromatic carbocycles. The van der Waals surface area contributed by atoms with Crippen LogP contribution in [-0.2, 0) is 14.3 Å². The molecule has 0 aliphatic rings. The Balaban J connectivity index is 4.90. The van der Waals surface area contributed by atoms with Gasteiger partial charge < -0.3 is 40.3 Å². The van der Waals surface area contributed by atoms with Crippen LogP contribution in [0.25, 0.3) is 0 Å². The highest BCUT2D eigenvalue weighted by molar-refractivity contribution is 5.76. The molecule has 0 radical (unpaired) electrons. The summed E-state index contributed by atoms with van der Waals surface area (Å²) < 4.78 is 10.7. The van der Waals surface area contributed by atoms with Crippen LogP contribution < -0.4 is 5.32 Å². The maximum atomic E-state index is 12.6. The molecule has 0 spiro atoms. The lowest BCUT2D eigenvalue weighted by molar-refractivity contribution is -0.131. The van der Waals surface area contributed by atoms with Crippen molar-refractivity contribution < 1.29 is 39.8 Å². The maximum absolute atomic E-state index is 12.6. The van der Waals surface area contributed by atoms with Crippen molar-refractivity contribution in [2.24, 2.45) is 11.8 Å². The number of nitrogens with one attached hydrogen (secondary N) is 1. The summed E-state index contributed by atoms with van der Waals surface area (Å²) in [5, 5.41) is 53.0. The van der Waals surface area contributed by atoms with E-state index in [0.717, 1.165) is 12.8 Å². The van der Waals surface area contributed by atoms with Crippen molar-refractivity contribution >= 4 is 5.91 Å². The van der Waals surface area contributed by atoms with Gasteiger partial charge in [-0.3, -0.25) is 4.79 Å². The van der Waals surface area contributed by atoms with Gasteiger partial charge >= 0.3 is 0 Å². The van der Waals surface area contributed by atoms with Gasteiger partial charge in [0.1, 0.15) is 18.3 Å². The van der Waals surface area contributed by atoms with Crippen molar-refractivity contribution in [2.75, 3.05) is 20.3 Å². The molecule has 9 heteroatoms. The number of hydrogen-bond donors (Lipinski definition) is 6. The van der Waals surface area contributed by atoms with E-state index in [9.17, 15) is 30.3 Å². The van der Waals surface area contributed by atoms with Gasteiger partial charge in [0, 0.05) is 19.6 Å². The van der Waals surface area contributed by atoms with E-state index < -0.39 is 43.2 Å². The van der Waals surface area contributed by atoms with Gasteiger partial charge in [-0.05, 0) is 24.7 Å². The predicted octanol–water partition coefficient (Wildman–Crippen LogP) is 0.980. The summed E-state index contributed by atoms with van der Waals surface area (Å²) in [5.74, 6) is -0.0257. The third-order valence-electron chi connectivity index (χ3n) is 6.62. The highest BCUT2D eigenvalue weighted by atomic mass is 16.5. The second-order valence-corrected chi connectivity index (χ2v) is 9.22. The van der Waals surface area contributed by atoms with Crippen molar-refractivity contribution in [3.05, 3.63) is 0 Å². The smallest absolute Gasteiger partial charge is 0.222 e. The lowest BCUT2D eigenvalue weighted by atomic mass is 9.92. The van der Waals surface area contributed by atoms with E-state index in [2.05, 4.69) is 5.32 Å². The van der Waals surface area contributed by atoms with E-state index >= 15 is 0 Å². The molecule has 0 aromatic rings. The molecule has 0 aromatic heterocycles. The fourth-order valence-electron chi connectivity index (χ4n) is 3.63. The van der Waals surface area contributed by atoms with Crippen LogP contribution >= 0.6 is 0 Å². The van der Waals surface area contributed by atoms with Gasteiger partial charge in [-0.25, -0.2) is 0 Å². The Labute approximate surface area is 199 Å². The minimum absolute atomic E-state index is 0.0516. The molecule has 9 nitrogen and oxygen atoms in total. The van der Waals surface area contributed by atoms with E-state index in [1.807, 2.05) is 34.6 Å². The largest absolute Gasteiger partial charge is 0.394 e. The molecule has 3 unspecified atom stereocenters. The Morgan fingerprint density at radius 2 is 1.48 bits per heavy atom. The summed E-state index contributed by atoms with van der Waals surface area (Å²) in [6.07, 6.45) is -2.53. The van der Waals surface area contributed by atoms with Crippen molar-refractivity contribution in [1.29, 1.82) is 0 Å². The number of rotatable bonds is 19. The molecular formula is C24H49NO8. The van der Waals surface area contributed by atoms with Crippen LogP contribution in [0.5, 0.6) is 0 Å². The van der Waals surface area contributed by atoms with Crippen LogP contribution in [0.1, 0.15) is 73.1 Å². The Morgan fingerprint density at radius 3 is 1.97 bits per heavy atom. The molecule has 0 aliphatic carbocycles. The first kappa shape index (κ1) is 32.2. The molecule has 198 valence electrons. The Morgan fingerprint density at radius 1 is 0.879 bits per heavy atom. The first-order chi connectivity index (χ1) is 15.5. The second-order valence-electron chi connectivity index (χ2n) is 9.22. The summed E-state index contributed by atoms with van der Waals surface area (Å²) in [4.78, 5) is 12.6. The van der Waals surface area contributed by atoms with E-state index in [4.69, 9.17) is 9.47 Å². The van der Waals surface area contributed by atoms with Crippen molar-refractivity contribution in [3.8, 4) is 0 Å². The molecule has 33 heavy (non-hydrogen) atoms. The summed E-state index contributed by atoms with van der Waals surface area (Å²) >= 11 is 0. The van der Waals surface area contributed by atoms with Crippen molar-refractivity contribution in [2.45, 2.75) is 116 Å².